The van der Waals surface area contributed by atoms with Gasteiger partial charge in [0, 0.05) is 24.7 Å². The maximum absolute atomic E-state index is 12.1. The van der Waals surface area contributed by atoms with Gasteiger partial charge < -0.3 is 10.1 Å². The minimum Gasteiger partial charge on any atom is -0.376 e. The van der Waals surface area contributed by atoms with Crippen molar-refractivity contribution < 1.29 is 9.53 Å². The van der Waals surface area contributed by atoms with Crippen LogP contribution in [0, 0.1) is 6.92 Å². The van der Waals surface area contributed by atoms with Gasteiger partial charge in [0.2, 0.25) is 0 Å². The number of hydrogen-bond donors (Lipinski definition) is 1. The molecule has 1 aliphatic rings. The van der Waals surface area contributed by atoms with Crippen molar-refractivity contribution in [3.8, 4) is 0 Å². The van der Waals surface area contributed by atoms with Crippen LogP contribution in [0.1, 0.15) is 29.0 Å². The second kappa shape index (κ2) is 4.70. The number of fused-ring (bicyclic) bond motifs is 1. The van der Waals surface area contributed by atoms with Gasteiger partial charge in [-0.05, 0) is 19.8 Å². The topological polar surface area (TPSA) is 55.6 Å². The number of nitrogens with zero attached hydrogens (tertiary/aromatic N) is 2. The molecule has 1 N–H and O–H groups in total. The van der Waals surface area contributed by atoms with E-state index < -0.39 is 0 Å². The van der Waals surface area contributed by atoms with Crippen LogP contribution in [-0.4, -0.2) is 34.5 Å². The van der Waals surface area contributed by atoms with Gasteiger partial charge in [0.05, 0.1) is 11.8 Å². The third-order valence-electron chi connectivity index (χ3n) is 3.08. The Labute approximate surface area is 109 Å². The molecule has 3 rings (SSSR count). The van der Waals surface area contributed by atoms with E-state index in [9.17, 15) is 4.79 Å². The smallest absolute Gasteiger partial charge is 0.269 e. The number of rotatable bonds is 3. The minimum atomic E-state index is -0.0610. The highest BCUT2D eigenvalue weighted by Crippen LogP contribution is 2.16. The number of aryl methyl sites for hydroxylation is 1. The first-order chi connectivity index (χ1) is 8.74. The Balaban J connectivity index is 1.71. The summed E-state index contributed by atoms with van der Waals surface area (Å²) in [6.07, 6.45) is 4.17. The molecule has 0 bridgehead atoms. The molecule has 0 radical (unpaired) electrons. The van der Waals surface area contributed by atoms with Crippen molar-refractivity contribution >= 4 is 22.2 Å². The molecule has 1 saturated heterocycles. The lowest BCUT2D eigenvalue weighted by atomic mass is 10.2. The molecule has 0 aliphatic carbocycles. The lowest BCUT2D eigenvalue weighted by Crippen LogP contribution is -2.32. The second-order valence-corrected chi connectivity index (χ2v) is 5.34. The lowest BCUT2D eigenvalue weighted by molar-refractivity contribution is 0.0853. The Bertz CT molecular complexity index is 569. The van der Waals surface area contributed by atoms with E-state index in [1.165, 1.54) is 11.3 Å². The van der Waals surface area contributed by atoms with E-state index in [0.29, 0.717) is 12.2 Å². The van der Waals surface area contributed by atoms with Gasteiger partial charge in [-0.1, -0.05) is 0 Å². The molecule has 0 unspecified atom stereocenters. The molecule has 0 aromatic carbocycles. The van der Waals surface area contributed by atoms with Crippen LogP contribution in [0.25, 0.3) is 4.96 Å². The average molecular weight is 265 g/mol. The SMILES string of the molecule is Cc1cn2c(C(=O)NC[C@H]3CCCO3)csc2n1. The maximum atomic E-state index is 12.1. The number of aromatic nitrogens is 2. The first-order valence-electron chi connectivity index (χ1n) is 6.07. The predicted octanol–water partition coefficient (Wildman–Crippen LogP) is 1.61. The number of ether oxygens (including phenoxy) is 1. The van der Waals surface area contributed by atoms with E-state index in [1.807, 2.05) is 22.9 Å². The third-order valence-corrected chi connectivity index (χ3v) is 3.92. The third kappa shape index (κ3) is 2.13. The van der Waals surface area contributed by atoms with Crippen LogP contribution in [-0.2, 0) is 4.74 Å². The second-order valence-electron chi connectivity index (χ2n) is 4.50. The van der Waals surface area contributed by atoms with Crippen LogP contribution >= 0.6 is 11.3 Å². The van der Waals surface area contributed by atoms with Gasteiger partial charge in [-0.2, -0.15) is 0 Å². The van der Waals surface area contributed by atoms with Crippen molar-refractivity contribution in [1.29, 1.82) is 0 Å². The van der Waals surface area contributed by atoms with Gasteiger partial charge in [0.15, 0.2) is 4.96 Å². The Morgan fingerprint density at radius 3 is 3.39 bits per heavy atom. The highest BCUT2D eigenvalue weighted by molar-refractivity contribution is 7.15. The highest BCUT2D eigenvalue weighted by Gasteiger charge is 2.18. The molecule has 2 aromatic heterocycles. The number of carbonyl (C=O) groups is 1. The summed E-state index contributed by atoms with van der Waals surface area (Å²) in [7, 11) is 0. The Kier molecular flexibility index (Phi) is 3.05. The van der Waals surface area contributed by atoms with Crippen molar-refractivity contribution in [3.05, 3.63) is 23.0 Å². The molecule has 1 amide bonds. The zero-order valence-corrected chi connectivity index (χ0v) is 11.0. The summed E-state index contributed by atoms with van der Waals surface area (Å²) in [6, 6.07) is 0. The van der Waals surface area contributed by atoms with Gasteiger partial charge in [0.1, 0.15) is 5.69 Å². The maximum Gasteiger partial charge on any atom is 0.269 e. The summed E-state index contributed by atoms with van der Waals surface area (Å²) in [5.74, 6) is -0.0610. The quantitative estimate of drug-likeness (QED) is 0.917. The van der Waals surface area contributed by atoms with Crippen molar-refractivity contribution in [2.24, 2.45) is 0 Å². The summed E-state index contributed by atoms with van der Waals surface area (Å²) < 4.78 is 7.32. The van der Waals surface area contributed by atoms with Crippen LogP contribution in [0.5, 0.6) is 0 Å². The number of nitrogens with one attached hydrogen (secondary N) is 1. The van der Waals surface area contributed by atoms with E-state index >= 15 is 0 Å². The summed E-state index contributed by atoms with van der Waals surface area (Å²) in [5, 5.41) is 4.76. The normalized spacial score (nSPS) is 19.5. The van der Waals surface area contributed by atoms with Crippen molar-refractivity contribution in [3.63, 3.8) is 0 Å². The number of thiazole rings is 1. The molecule has 6 heteroatoms. The molecule has 96 valence electrons. The molecule has 0 saturated carbocycles. The first-order valence-corrected chi connectivity index (χ1v) is 6.95. The minimum absolute atomic E-state index is 0.0610. The molecule has 1 fully saturated rings. The molecule has 1 atom stereocenters. The number of imidazole rings is 1. The molecule has 1 aliphatic heterocycles. The fourth-order valence-corrected chi connectivity index (χ4v) is 3.06. The summed E-state index contributed by atoms with van der Waals surface area (Å²) >= 11 is 1.48. The zero-order valence-electron chi connectivity index (χ0n) is 10.2. The summed E-state index contributed by atoms with van der Waals surface area (Å²) in [4.78, 5) is 17.3. The number of hydrogen-bond acceptors (Lipinski definition) is 4. The Morgan fingerprint density at radius 1 is 1.72 bits per heavy atom. The lowest BCUT2D eigenvalue weighted by Gasteiger charge is -2.10. The van der Waals surface area contributed by atoms with E-state index in [0.717, 1.165) is 30.1 Å². The van der Waals surface area contributed by atoms with Crippen molar-refractivity contribution in [1.82, 2.24) is 14.7 Å². The summed E-state index contributed by atoms with van der Waals surface area (Å²) in [5.41, 5.74) is 1.57. The van der Waals surface area contributed by atoms with Crippen molar-refractivity contribution in [2.45, 2.75) is 25.9 Å². The highest BCUT2D eigenvalue weighted by atomic mass is 32.1. The molecule has 5 nitrogen and oxygen atoms in total. The number of amides is 1. The standard InChI is InChI=1S/C12H15N3O2S/c1-8-6-15-10(7-18-12(15)14-8)11(16)13-5-9-3-2-4-17-9/h6-7,9H,2-5H2,1H3,(H,13,16)/t9-/m1/s1. The average Bonchev–Trinajstić information content (AvgIpc) is 3.01. The van der Waals surface area contributed by atoms with Gasteiger partial charge >= 0.3 is 0 Å². The van der Waals surface area contributed by atoms with Crippen LogP contribution in [0.2, 0.25) is 0 Å². The van der Waals surface area contributed by atoms with Crippen molar-refractivity contribution in [2.75, 3.05) is 13.2 Å². The van der Waals surface area contributed by atoms with E-state index in [-0.39, 0.29) is 12.0 Å². The van der Waals surface area contributed by atoms with Gasteiger partial charge in [-0.15, -0.1) is 11.3 Å². The molecule has 18 heavy (non-hydrogen) atoms. The van der Waals surface area contributed by atoms with E-state index in [4.69, 9.17) is 4.74 Å². The van der Waals surface area contributed by atoms with E-state index in [1.54, 1.807) is 0 Å². The number of carbonyl (C=O) groups excluding carboxylic acids is 1. The van der Waals surface area contributed by atoms with Crippen LogP contribution in [0.4, 0.5) is 0 Å². The largest absolute Gasteiger partial charge is 0.376 e. The monoisotopic (exact) mass is 265 g/mol. The van der Waals surface area contributed by atoms with Crippen LogP contribution in [0.15, 0.2) is 11.6 Å². The molecule has 0 spiro atoms. The van der Waals surface area contributed by atoms with Crippen LogP contribution in [0.3, 0.4) is 0 Å². The molecular weight excluding hydrogens is 250 g/mol. The Hall–Kier alpha value is -1.40. The fraction of sp³-hybridized carbons (Fsp3) is 0.500. The molecular formula is C12H15N3O2S. The summed E-state index contributed by atoms with van der Waals surface area (Å²) in [6.45, 7) is 3.32. The van der Waals surface area contributed by atoms with Gasteiger partial charge in [0.25, 0.3) is 5.91 Å². The zero-order chi connectivity index (χ0) is 12.5. The Morgan fingerprint density at radius 2 is 2.61 bits per heavy atom. The van der Waals surface area contributed by atoms with Gasteiger partial charge in [-0.25, -0.2) is 4.98 Å². The fourth-order valence-electron chi connectivity index (χ4n) is 2.16. The first kappa shape index (κ1) is 11.7. The molecule has 3 heterocycles. The van der Waals surface area contributed by atoms with E-state index in [2.05, 4.69) is 10.3 Å². The van der Waals surface area contributed by atoms with Gasteiger partial charge in [-0.3, -0.25) is 9.20 Å². The predicted molar refractivity (Wildman–Crippen MR) is 69.1 cm³/mol. The van der Waals surface area contributed by atoms with Crippen LogP contribution < -0.4 is 5.32 Å². The molecule has 2 aromatic rings.